The van der Waals surface area contributed by atoms with Gasteiger partial charge in [0.25, 0.3) is 0 Å². The van der Waals surface area contributed by atoms with Crippen LogP contribution in [0.25, 0.3) is 93.5 Å². The number of aromatic nitrogens is 3. The van der Waals surface area contributed by atoms with E-state index in [9.17, 15) is 0 Å². The molecule has 262 valence electrons. The van der Waals surface area contributed by atoms with Gasteiger partial charge in [-0.15, -0.1) is 0 Å². The van der Waals surface area contributed by atoms with Crippen LogP contribution in [0.15, 0.2) is 156 Å². The lowest BCUT2D eigenvalue weighted by Gasteiger charge is -2.30. The predicted octanol–water partition coefficient (Wildman–Crippen LogP) is 12.4. The standard InChI is InChI=1S/C49H29N3O3P/c1-27-18-19-38-42(22-27)53-40-20-21-41-49-46(40)52(38)39-23-28(50-34-14-6-2-10-30(34)31-11-3-7-15-35(31)50)24-43-47(39)56(49)48-44(54-41)25-29(26-45(48)55-43)51-36-16-8-4-12-32(36)33-13-5-9-17-37(33)51/h2-26,41H,1H3/q+1. The van der Waals surface area contributed by atoms with E-state index in [4.69, 9.17) is 13.9 Å². The molecule has 0 saturated carbocycles. The van der Waals surface area contributed by atoms with E-state index in [0.717, 1.165) is 89.1 Å². The summed E-state index contributed by atoms with van der Waals surface area (Å²) in [5.74, 6) is 2.57. The molecule has 1 aliphatic carbocycles. The largest absolute Gasteiger partial charge is 0.473 e. The van der Waals surface area contributed by atoms with Gasteiger partial charge >= 0.3 is 0 Å². The monoisotopic (exact) mass is 738 g/mol. The summed E-state index contributed by atoms with van der Waals surface area (Å²) in [6, 6.07) is 50.3. The first-order valence-electron chi connectivity index (χ1n) is 19.0. The number of nitrogens with zero attached hydrogens (tertiary/aromatic N) is 3. The number of benzene rings is 7. The molecule has 0 bridgehead atoms. The number of fused-ring (bicyclic) bond motifs is 9. The Morgan fingerprint density at radius 3 is 1.79 bits per heavy atom. The molecule has 0 radical (unpaired) electrons. The second kappa shape index (κ2) is 10.2. The van der Waals surface area contributed by atoms with E-state index in [1.165, 1.54) is 32.1 Å². The van der Waals surface area contributed by atoms with Crippen molar-refractivity contribution < 1.29 is 13.9 Å². The Hall–Kier alpha value is -7.01. The van der Waals surface area contributed by atoms with Crippen molar-refractivity contribution >= 4 is 78.7 Å². The van der Waals surface area contributed by atoms with Gasteiger partial charge in [0.05, 0.1) is 39.1 Å². The van der Waals surface area contributed by atoms with E-state index >= 15 is 0 Å². The number of ether oxygens (including phenoxy) is 2. The molecule has 9 aromatic rings. The average Bonchev–Trinajstić information content (AvgIpc) is 3.75. The van der Waals surface area contributed by atoms with Crippen LogP contribution in [-0.2, 0) is 0 Å². The number of rotatable bonds is 2. The van der Waals surface area contributed by atoms with Gasteiger partial charge in [0.2, 0.25) is 15.7 Å². The van der Waals surface area contributed by atoms with Crippen LogP contribution in [0.4, 0.5) is 0 Å². The molecule has 6 nitrogen and oxygen atoms in total. The van der Waals surface area contributed by atoms with Crippen molar-refractivity contribution in [2.75, 3.05) is 0 Å². The van der Waals surface area contributed by atoms with Crippen LogP contribution in [0.5, 0.6) is 11.5 Å². The first-order valence-corrected chi connectivity index (χ1v) is 20.4. The van der Waals surface area contributed by atoms with Crippen molar-refractivity contribution in [2.45, 2.75) is 13.0 Å². The molecule has 6 heterocycles. The van der Waals surface area contributed by atoms with Crippen molar-refractivity contribution in [2.24, 2.45) is 0 Å². The SMILES string of the molecule is Cc1ccc2c(c1)OC1=c3c4[p+]5c6c(cc(-n7c8ccccc8c8ccccc87)cc6oc6cc(-n7c8ccccc8c8ccccc87)cc(c6-5)n3-2)OC4C=C1. The third-order valence-electron chi connectivity index (χ3n) is 12.1. The number of hydrogen-bond donors (Lipinski definition) is 0. The highest BCUT2D eigenvalue weighted by atomic mass is 31.1. The highest BCUT2D eigenvalue weighted by Gasteiger charge is 2.46. The Morgan fingerprint density at radius 1 is 0.554 bits per heavy atom. The molecule has 0 N–H and O–H groups in total. The second-order valence-corrected chi connectivity index (χ2v) is 17.2. The van der Waals surface area contributed by atoms with E-state index in [-0.39, 0.29) is 6.10 Å². The van der Waals surface area contributed by atoms with Crippen molar-refractivity contribution in [3.8, 4) is 33.9 Å². The van der Waals surface area contributed by atoms with Gasteiger partial charge in [0, 0.05) is 39.7 Å². The minimum absolute atomic E-state index is 0.247. The molecule has 0 fully saturated rings. The fourth-order valence-electron chi connectivity index (χ4n) is 9.89. The van der Waals surface area contributed by atoms with Gasteiger partial charge in [-0.1, -0.05) is 78.9 Å². The quantitative estimate of drug-likeness (QED) is 0.131. The summed E-state index contributed by atoms with van der Waals surface area (Å²) in [5, 5.41) is 9.58. The summed E-state index contributed by atoms with van der Waals surface area (Å²) in [6.45, 7) is 2.12. The van der Waals surface area contributed by atoms with Crippen LogP contribution < -0.4 is 14.8 Å². The van der Waals surface area contributed by atoms with Crippen LogP contribution in [0.3, 0.4) is 0 Å². The topological polar surface area (TPSA) is 46.4 Å². The minimum Gasteiger partial charge on any atom is -0.473 e. The molecular formula is C49H29N3O3P+. The van der Waals surface area contributed by atoms with E-state index in [1.807, 2.05) is 0 Å². The average molecular weight is 739 g/mol. The van der Waals surface area contributed by atoms with E-state index in [2.05, 4.69) is 172 Å². The highest BCUT2D eigenvalue weighted by molar-refractivity contribution is 7.64. The maximum atomic E-state index is 7.28. The normalized spacial score (nSPS) is 15.6. The fourth-order valence-corrected chi connectivity index (χ4v) is 12.8. The van der Waals surface area contributed by atoms with Gasteiger partial charge < -0.3 is 23.0 Å². The lowest BCUT2D eigenvalue weighted by Crippen LogP contribution is -2.35. The summed E-state index contributed by atoms with van der Waals surface area (Å²) in [4.78, 5) is 0. The van der Waals surface area contributed by atoms with Gasteiger partial charge in [0.15, 0.2) is 42.1 Å². The van der Waals surface area contributed by atoms with Gasteiger partial charge in [-0.2, -0.15) is 0 Å². The summed E-state index contributed by atoms with van der Waals surface area (Å²) < 4.78 is 28.3. The summed E-state index contributed by atoms with van der Waals surface area (Å²) >= 11 is 0. The van der Waals surface area contributed by atoms with Gasteiger partial charge in [-0.25, -0.2) is 0 Å². The fraction of sp³-hybridized carbons (Fsp3) is 0.0408. The molecule has 7 heteroatoms. The van der Waals surface area contributed by atoms with Crippen LogP contribution in [0.2, 0.25) is 0 Å². The van der Waals surface area contributed by atoms with Crippen molar-refractivity contribution in [3.05, 3.63) is 168 Å². The third-order valence-corrected chi connectivity index (χ3v) is 14.8. The smallest absolute Gasteiger partial charge is 0.239 e. The van der Waals surface area contributed by atoms with Gasteiger partial charge in [-0.3, -0.25) is 4.57 Å². The molecule has 5 aliphatic rings. The zero-order valence-corrected chi connectivity index (χ0v) is 30.9. The lowest BCUT2D eigenvalue weighted by molar-refractivity contribution is 0.256. The van der Waals surface area contributed by atoms with Gasteiger partial charge in [-0.05, 0) is 67.1 Å². The zero-order valence-electron chi connectivity index (χ0n) is 30.0. The van der Waals surface area contributed by atoms with Crippen molar-refractivity contribution in [1.29, 1.82) is 0 Å². The highest BCUT2D eigenvalue weighted by Crippen LogP contribution is 2.63. The van der Waals surface area contributed by atoms with Gasteiger partial charge in [0.1, 0.15) is 10.9 Å². The van der Waals surface area contributed by atoms with Crippen LogP contribution in [0, 0.1) is 6.92 Å². The van der Waals surface area contributed by atoms with Crippen molar-refractivity contribution in [1.82, 2.24) is 13.7 Å². The molecule has 56 heavy (non-hydrogen) atoms. The summed E-state index contributed by atoms with van der Waals surface area (Å²) in [7, 11) is -1.04. The van der Waals surface area contributed by atoms with Crippen LogP contribution in [0.1, 0.15) is 17.0 Å². The maximum absolute atomic E-state index is 7.28. The van der Waals surface area contributed by atoms with E-state index in [1.54, 1.807) is 0 Å². The van der Waals surface area contributed by atoms with Crippen molar-refractivity contribution in [3.63, 3.8) is 0 Å². The number of para-hydroxylation sites is 4. The molecule has 4 aliphatic heterocycles. The first-order chi connectivity index (χ1) is 27.7. The second-order valence-electron chi connectivity index (χ2n) is 15.2. The molecule has 2 aromatic heterocycles. The predicted molar refractivity (Wildman–Crippen MR) is 227 cm³/mol. The Bertz CT molecular complexity index is 3580. The Labute approximate surface area is 320 Å². The number of hydrogen-bond acceptors (Lipinski definition) is 3. The first kappa shape index (κ1) is 29.4. The molecule has 0 spiro atoms. The Morgan fingerprint density at radius 2 is 1.14 bits per heavy atom. The summed E-state index contributed by atoms with van der Waals surface area (Å²) in [5.41, 5.74) is 11.7. The maximum Gasteiger partial charge on any atom is 0.239 e. The summed E-state index contributed by atoms with van der Waals surface area (Å²) in [6.07, 6.45) is 4.05. The minimum atomic E-state index is -1.04. The number of aryl methyl sites for hydroxylation is 1. The molecule has 0 amide bonds. The Balaban J connectivity index is 1.18. The van der Waals surface area contributed by atoms with Crippen LogP contribution >= 0.6 is 7.53 Å². The Kier molecular flexibility index (Phi) is 5.34. The van der Waals surface area contributed by atoms with E-state index < -0.39 is 7.53 Å². The zero-order chi connectivity index (χ0) is 36.4. The molecule has 7 aromatic carbocycles. The molecule has 0 saturated heterocycles. The molecular weight excluding hydrogens is 710 g/mol. The third kappa shape index (κ3) is 3.56. The molecule has 2 unspecified atom stereocenters. The lowest BCUT2D eigenvalue weighted by atomic mass is 10.1. The van der Waals surface area contributed by atoms with E-state index in [0.29, 0.717) is 0 Å². The molecule has 2 atom stereocenters. The van der Waals surface area contributed by atoms with Crippen LogP contribution in [-0.4, -0.2) is 13.7 Å². The molecule has 14 rings (SSSR count).